The Morgan fingerprint density at radius 1 is 1.04 bits per heavy atom. The van der Waals surface area contributed by atoms with E-state index in [0.717, 1.165) is 23.8 Å². The average molecular weight is 354 g/mol. The molecule has 26 heavy (non-hydrogen) atoms. The molecule has 0 radical (unpaired) electrons. The van der Waals surface area contributed by atoms with E-state index in [1.54, 1.807) is 14.2 Å². The molecule has 3 nitrogen and oxygen atoms in total. The SMILES string of the molecule is COc1cc(C)c(CC(C)NC(C)c2cccc(C3CC3)c2)cc1OC. The molecular formula is C23H31NO2. The minimum atomic E-state index is 0.337. The summed E-state index contributed by atoms with van der Waals surface area (Å²) in [6.45, 7) is 6.63. The normalized spacial score (nSPS) is 16.2. The van der Waals surface area contributed by atoms with Gasteiger partial charge in [0.25, 0.3) is 0 Å². The maximum atomic E-state index is 5.46. The van der Waals surface area contributed by atoms with Crippen molar-refractivity contribution in [2.45, 2.75) is 58.0 Å². The third-order valence-electron chi connectivity index (χ3n) is 5.36. The van der Waals surface area contributed by atoms with Crippen molar-refractivity contribution in [3.05, 3.63) is 58.7 Å². The summed E-state index contributed by atoms with van der Waals surface area (Å²) in [5, 5.41) is 3.75. The van der Waals surface area contributed by atoms with E-state index in [4.69, 9.17) is 9.47 Å². The van der Waals surface area contributed by atoms with Crippen molar-refractivity contribution >= 4 is 0 Å². The number of hydrogen-bond donors (Lipinski definition) is 1. The van der Waals surface area contributed by atoms with E-state index in [-0.39, 0.29) is 0 Å². The lowest BCUT2D eigenvalue weighted by Gasteiger charge is -2.22. The summed E-state index contributed by atoms with van der Waals surface area (Å²) in [7, 11) is 3.37. The van der Waals surface area contributed by atoms with Gasteiger partial charge in [-0.25, -0.2) is 0 Å². The topological polar surface area (TPSA) is 30.5 Å². The number of methoxy groups -OCH3 is 2. The molecule has 0 spiro atoms. The predicted octanol–water partition coefficient (Wildman–Crippen LogP) is 5.17. The maximum absolute atomic E-state index is 5.46. The Hall–Kier alpha value is -2.00. The number of benzene rings is 2. The standard InChI is InChI=1S/C23H31NO2/c1-15-11-22(25-4)23(26-5)14-21(15)12-16(2)24-17(3)19-7-6-8-20(13-19)18-9-10-18/h6-8,11,13-14,16-18,24H,9-10,12H2,1-5H3. The fraction of sp³-hybridized carbons (Fsp3) is 0.478. The molecule has 2 aromatic rings. The molecule has 1 aliphatic carbocycles. The van der Waals surface area contributed by atoms with Crippen LogP contribution in [0.15, 0.2) is 36.4 Å². The Kier molecular flexibility index (Phi) is 5.87. The number of hydrogen-bond acceptors (Lipinski definition) is 3. The van der Waals surface area contributed by atoms with Crippen LogP contribution >= 0.6 is 0 Å². The van der Waals surface area contributed by atoms with Crippen LogP contribution in [-0.2, 0) is 6.42 Å². The molecule has 1 fully saturated rings. The third kappa shape index (κ3) is 4.39. The molecule has 2 aromatic carbocycles. The van der Waals surface area contributed by atoms with Crippen LogP contribution in [0.4, 0.5) is 0 Å². The third-order valence-corrected chi connectivity index (χ3v) is 5.36. The zero-order valence-electron chi connectivity index (χ0n) is 16.6. The molecule has 0 saturated heterocycles. The molecule has 0 aromatic heterocycles. The number of aryl methyl sites for hydroxylation is 1. The Bertz CT molecular complexity index is 752. The Labute approximate surface area is 157 Å². The van der Waals surface area contributed by atoms with Gasteiger partial charge in [0, 0.05) is 12.1 Å². The van der Waals surface area contributed by atoms with Gasteiger partial charge >= 0.3 is 0 Å². The van der Waals surface area contributed by atoms with Gasteiger partial charge < -0.3 is 14.8 Å². The first-order chi connectivity index (χ1) is 12.5. The highest BCUT2D eigenvalue weighted by Crippen LogP contribution is 2.40. The smallest absolute Gasteiger partial charge is 0.161 e. The minimum Gasteiger partial charge on any atom is -0.493 e. The maximum Gasteiger partial charge on any atom is 0.161 e. The molecule has 0 amide bonds. The predicted molar refractivity (Wildman–Crippen MR) is 107 cm³/mol. The summed E-state index contributed by atoms with van der Waals surface area (Å²) in [5.41, 5.74) is 5.41. The highest BCUT2D eigenvalue weighted by molar-refractivity contribution is 5.47. The molecule has 2 unspecified atom stereocenters. The second kappa shape index (κ2) is 8.13. The van der Waals surface area contributed by atoms with Crippen molar-refractivity contribution in [2.24, 2.45) is 0 Å². The van der Waals surface area contributed by atoms with Gasteiger partial charge in [-0.3, -0.25) is 0 Å². The quantitative estimate of drug-likeness (QED) is 0.710. The molecule has 140 valence electrons. The van der Waals surface area contributed by atoms with Gasteiger partial charge in [-0.05, 0) is 80.3 Å². The summed E-state index contributed by atoms with van der Waals surface area (Å²) in [6, 6.07) is 13.9. The van der Waals surface area contributed by atoms with E-state index in [1.165, 1.54) is 35.1 Å². The van der Waals surface area contributed by atoms with Crippen LogP contribution in [0.3, 0.4) is 0 Å². The van der Waals surface area contributed by atoms with Crippen molar-refractivity contribution in [3.8, 4) is 11.5 Å². The summed E-state index contributed by atoms with van der Waals surface area (Å²) in [6.07, 6.45) is 3.65. The molecule has 0 bridgehead atoms. The molecule has 0 aliphatic heterocycles. The fourth-order valence-electron chi connectivity index (χ4n) is 3.65. The van der Waals surface area contributed by atoms with Crippen molar-refractivity contribution in [1.82, 2.24) is 5.32 Å². The monoisotopic (exact) mass is 353 g/mol. The first-order valence-corrected chi connectivity index (χ1v) is 9.59. The Balaban J connectivity index is 1.66. The van der Waals surface area contributed by atoms with Crippen LogP contribution in [-0.4, -0.2) is 20.3 Å². The zero-order valence-corrected chi connectivity index (χ0v) is 16.6. The van der Waals surface area contributed by atoms with Gasteiger partial charge in [0.2, 0.25) is 0 Å². The van der Waals surface area contributed by atoms with E-state index in [1.807, 2.05) is 0 Å². The lowest BCUT2D eigenvalue weighted by Crippen LogP contribution is -2.31. The van der Waals surface area contributed by atoms with E-state index >= 15 is 0 Å². The highest BCUT2D eigenvalue weighted by Gasteiger charge is 2.24. The lowest BCUT2D eigenvalue weighted by molar-refractivity contribution is 0.354. The fourth-order valence-corrected chi connectivity index (χ4v) is 3.65. The molecule has 2 atom stereocenters. The Morgan fingerprint density at radius 3 is 2.38 bits per heavy atom. The first-order valence-electron chi connectivity index (χ1n) is 9.59. The van der Waals surface area contributed by atoms with Crippen molar-refractivity contribution < 1.29 is 9.47 Å². The van der Waals surface area contributed by atoms with Gasteiger partial charge in [0.05, 0.1) is 14.2 Å². The van der Waals surface area contributed by atoms with Crippen LogP contribution in [0, 0.1) is 6.92 Å². The summed E-state index contributed by atoms with van der Waals surface area (Å²) >= 11 is 0. The number of nitrogens with one attached hydrogen (secondary N) is 1. The van der Waals surface area contributed by atoms with Gasteiger partial charge in [0.15, 0.2) is 11.5 Å². The summed E-state index contributed by atoms with van der Waals surface area (Å²) < 4.78 is 10.9. The van der Waals surface area contributed by atoms with E-state index in [0.29, 0.717) is 12.1 Å². The number of rotatable bonds is 8. The average Bonchev–Trinajstić information content (AvgIpc) is 3.48. The molecule has 0 heterocycles. The van der Waals surface area contributed by atoms with Crippen LogP contribution in [0.1, 0.15) is 60.9 Å². The van der Waals surface area contributed by atoms with E-state index < -0.39 is 0 Å². The van der Waals surface area contributed by atoms with Gasteiger partial charge in [-0.15, -0.1) is 0 Å². The van der Waals surface area contributed by atoms with Crippen molar-refractivity contribution in [1.29, 1.82) is 0 Å². The number of ether oxygens (including phenoxy) is 2. The minimum absolute atomic E-state index is 0.337. The van der Waals surface area contributed by atoms with Crippen LogP contribution in [0.5, 0.6) is 11.5 Å². The van der Waals surface area contributed by atoms with Gasteiger partial charge in [-0.1, -0.05) is 24.3 Å². The van der Waals surface area contributed by atoms with E-state index in [9.17, 15) is 0 Å². The second-order valence-corrected chi connectivity index (χ2v) is 7.57. The molecule has 1 N–H and O–H groups in total. The van der Waals surface area contributed by atoms with Crippen LogP contribution in [0.25, 0.3) is 0 Å². The van der Waals surface area contributed by atoms with Crippen molar-refractivity contribution in [3.63, 3.8) is 0 Å². The Morgan fingerprint density at radius 2 is 1.73 bits per heavy atom. The molecule has 1 saturated carbocycles. The molecule has 3 heteroatoms. The van der Waals surface area contributed by atoms with Gasteiger partial charge in [-0.2, -0.15) is 0 Å². The zero-order chi connectivity index (χ0) is 18.7. The molecule has 1 aliphatic rings. The second-order valence-electron chi connectivity index (χ2n) is 7.57. The molecule has 3 rings (SSSR count). The van der Waals surface area contributed by atoms with Crippen molar-refractivity contribution in [2.75, 3.05) is 14.2 Å². The van der Waals surface area contributed by atoms with Gasteiger partial charge in [0.1, 0.15) is 0 Å². The van der Waals surface area contributed by atoms with Crippen LogP contribution in [0.2, 0.25) is 0 Å². The van der Waals surface area contributed by atoms with E-state index in [2.05, 4.69) is 62.5 Å². The summed E-state index contributed by atoms with van der Waals surface area (Å²) in [4.78, 5) is 0. The highest BCUT2D eigenvalue weighted by atomic mass is 16.5. The van der Waals surface area contributed by atoms with Crippen LogP contribution < -0.4 is 14.8 Å². The first kappa shape index (κ1) is 18.8. The summed E-state index contributed by atoms with van der Waals surface area (Å²) in [5.74, 6) is 2.39. The largest absolute Gasteiger partial charge is 0.493 e. The lowest BCUT2D eigenvalue weighted by atomic mass is 9.98. The molecular weight excluding hydrogens is 322 g/mol.